The molecule has 0 N–H and O–H groups in total. The molecule has 172 valence electrons. The van der Waals surface area contributed by atoms with E-state index in [1.54, 1.807) is 0 Å². The first kappa shape index (κ1) is 22.5. The minimum atomic E-state index is -4.45. The summed E-state index contributed by atoms with van der Waals surface area (Å²) in [6.07, 6.45) is -1.68. The second-order valence-corrected chi connectivity index (χ2v) is 11.7. The highest BCUT2D eigenvalue weighted by Crippen LogP contribution is 2.64. The third kappa shape index (κ3) is 3.55. The number of Topliss-reactive ketones (excluding diaryl/α,β-unsaturated/α-hetero) is 1. The van der Waals surface area contributed by atoms with Gasteiger partial charge in [0.2, 0.25) is 10.0 Å². The van der Waals surface area contributed by atoms with Crippen molar-refractivity contribution < 1.29 is 26.4 Å². The van der Waals surface area contributed by atoms with E-state index in [4.69, 9.17) is 0 Å². The molecule has 2 aliphatic carbocycles. The molecule has 1 aromatic rings. The fourth-order valence-corrected chi connectivity index (χ4v) is 8.04. The molecule has 3 atom stereocenters. The van der Waals surface area contributed by atoms with Gasteiger partial charge in [-0.25, -0.2) is 13.4 Å². The van der Waals surface area contributed by atoms with E-state index in [2.05, 4.69) is 4.98 Å². The van der Waals surface area contributed by atoms with Crippen molar-refractivity contribution in [2.24, 2.45) is 16.7 Å². The highest BCUT2D eigenvalue weighted by molar-refractivity contribution is 7.89. The van der Waals surface area contributed by atoms with Crippen molar-refractivity contribution in [1.82, 2.24) is 9.29 Å². The van der Waals surface area contributed by atoms with E-state index in [-0.39, 0.29) is 42.0 Å². The number of hydrogen-bond donors (Lipinski definition) is 0. The molecule has 2 saturated carbocycles. The molecule has 0 unspecified atom stereocenters. The van der Waals surface area contributed by atoms with Crippen LogP contribution in [0.1, 0.15) is 45.6 Å². The summed E-state index contributed by atoms with van der Waals surface area (Å²) in [5.41, 5.74) is -1.95. The van der Waals surface area contributed by atoms with E-state index in [0.717, 1.165) is 18.7 Å². The number of aromatic nitrogens is 1. The molecule has 0 aromatic carbocycles. The number of rotatable bonds is 4. The lowest BCUT2D eigenvalue weighted by Gasteiger charge is -2.42. The van der Waals surface area contributed by atoms with Crippen molar-refractivity contribution in [2.45, 2.75) is 52.3 Å². The predicted octanol–water partition coefficient (Wildman–Crippen LogP) is 3.34. The number of alkyl halides is 3. The molecular formula is C21H28F3N3O3S. The van der Waals surface area contributed by atoms with Crippen LogP contribution in [0.15, 0.2) is 18.3 Å². The molecule has 0 radical (unpaired) electrons. The van der Waals surface area contributed by atoms with Gasteiger partial charge in [0.1, 0.15) is 11.6 Å². The van der Waals surface area contributed by atoms with E-state index < -0.39 is 27.2 Å². The number of carbonyl (C=O) groups is 1. The molecule has 0 spiro atoms. The van der Waals surface area contributed by atoms with Gasteiger partial charge in [-0.1, -0.05) is 13.8 Å². The smallest absolute Gasteiger partial charge is 0.351 e. The molecule has 31 heavy (non-hydrogen) atoms. The van der Waals surface area contributed by atoms with Gasteiger partial charge < -0.3 is 4.90 Å². The van der Waals surface area contributed by atoms with E-state index in [0.29, 0.717) is 25.2 Å². The maximum absolute atomic E-state index is 13.3. The molecule has 1 saturated heterocycles. The van der Waals surface area contributed by atoms with Crippen molar-refractivity contribution in [3.05, 3.63) is 23.9 Å². The molecule has 3 fully saturated rings. The predicted molar refractivity (Wildman–Crippen MR) is 110 cm³/mol. The van der Waals surface area contributed by atoms with Crippen molar-refractivity contribution in [3.63, 3.8) is 0 Å². The summed E-state index contributed by atoms with van der Waals surface area (Å²) in [6, 6.07) is 2.05. The number of fused-ring (bicyclic) bond motifs is 2. The highest BCUT2D eigenvalue weighted by atomic mass is 32.2. The summed E-state index contributed by atoms with van der Waals surface area (Å²) in [5, 5.41) is 0. The zero-order valence-corrected chi connectivity index (χ0v) is 18.8. The van der Waals surface area contributed by atoms with Crippen LogP contribution in [-0.4, -0.2) is 54.9 Å². The minimum Gasteiger partial charge on any atom is -0.351 e. The van der Waals surface area contributed by atoms with Crippen molar-refractivity contribution in [2.75, 3.05) is 30.3 Å². The van der Waals surface area contributed by atoms with Crippen LogP contribution >= 0.6 is 0 Å². The number of carbonyl (C=O) groups excluding carboxylic acids is 1. The SMILES string of the molecule is C[C@H]1CN(S(=O)(=O)C[C@]23CC[C@@H](CC2=O)C3(C)C)CCN1c1ccc(C(F)(F)F)cn1. The van der Waals surface area contributed by atoms with Crippen LogP contribution in [0.5, 0.6) is 0 Å². The van der Waals surface area contributed by atoms with Gasteiger partial charge in [0, 0.05) is 43.7 Å². The quantitative estimate of drug-likeness (QED) is 0.691. The summed E-state index contributed by atoms with van der Waals surface area (Å²) in [7, 11) is -3.66. The lowest BCUT2D eigenvalue weighted by molar-refractivity contribution is -0.137. The first-order valence-corrected chi connectivity index (χ1v) is 12.2. The van der Waals surface area contributed by atoms with Crippen LogP contribution < -0.4 is 4.90 Å². The van der Waals surface area contributed by atoms with E-state index in [9.17, 15) is 26.4 Å². The Hall–Kier alpha value is -1.68. The third-order valence-corrected chi connectivity index (χ3v) is 9.90. The Bertz CT molecular complexity index is 978. The van der Waals surface area contributed by atoms with Crippen LogP contribution in [0.25, 0.3) is 0 Å². The molecule has 3 aliphatic rings. The Labute approximate surface area is 180 Å². The molecule has 1 aromatic heterocycles. The minimum absolute atomic E-state index is 0.0676. The lowest BCUT2D eigenvalue weighted by atomic mass is 9.70. The van der Waals surface area contributed by atoms with Gasteiger partial charge in [-0.2, -0.15) is 17.5 Å². The van der Waals surface area contributed by atoms with Crippen LogP contribution in [0.3, 0.4) is 0 Å². The fourth-order valence-electron chi connectivity index (χ4n) is 5.75. The molecule has 1 aliphatic heterocycles. The normalized spacial score (nSPS) is 31.4. The molecule has 2 bridgehead atoms. The van der Waals surface area contributed by atoms with Crippen LogP contribution in [0.4, 0.5) is 19.0 Å². The molecule has 4 rings (SSSR count). The Morgan fingerprint density at radius 2 is 1.94 bits per heavy atom. The van der Waals surface area contributed by atoms with Gasteiger partial charge in [0.25, 0.3) is 0 Å². The number of halogens is 3. The summed E-state index contributed by atoms with van der Waals surface area (Å²) in [5.74, 6) is 0.546. The van der Waals surface area contributed by atoms with Gasteiger partial charge in [-0.15, -0.1) is 0 Å². The summed E-state index contributed by atoms with van der Waals surface area (Å²) in [4.78, 5) is 18.5. The van der Waals surface area contributed by atoms with Crippen molar-refractivity contribution in [3.8, 4) is 0 Å². The molecule has 2 heterocycles. The molecular weight excluding hydrogens is 431 g/mol. The van der Waals surface area contributed by atoms with Gasteiger partial charge in [0.15, 0.2) is 0 Å². The van der Waals surface area contributed by atoms with Gasteiger partial charge in [-0.05, 0) is 43.2 Å². The maximum Gasteiger partial charge on any atom is 0.417 e. The highest BCUT2D eigenvalue weighted by Gasteiger charge is 2.65. The summed E-state index contributed by atoms with van der Waals surface area (Å²) >= 11 is 0. The number of piperazine rings is 1. The maximum atomic E-state index is 13.3. The topological polar surface area (TPSA) is 70.6 Å². The molecule has 6 nitrogen and oxygen atoms in total. The number of anilines is 1. The van der Waals surface area contributed by atoms with E-state index in [1.807, 2.05) is 25.7 Å². The average molecular weight is 460 g/mol. The number of pyridine rings is 1. The van der Waals surface area contributed by atoms with Gasteiger partial charge in [-0.3, -0.25) is 4.79 Å². The Balaban J connectivity index is 1.48. The number of sulfonamides is 1. The van der Waals surface area contributed by atoms with Gasteiger partial charge >= 0.3 is 6.18 Å². The van der Waals surface area contributed by atoms with Gasteiger partial charge in [0.05, 0.1) is 11.3 Å². The summed E-state index contributed by atoms with van der Waals surface area (Å²) in [6.45, 7) is 6.60. The monoisotopic (exact) mass is 459 g/mol. The second-order valence-electron chi connectivity index (χ2n) is 9.73. The second kappa shape index (κ2) is 7.16. The zero-order chi connectivity index (χ0) is 22.8. The lowest BCUT2D eigenvalue weighted by Crippen LogP contribution is -2.56. The molecule has 0 amide bonds. The number of hydrogen-bond acceptors (Lipinski definition) is 5. The number of ketones is 1. The first-order chi connectivity index (χ1) is 14.3. The number of nitrogens with zero attached hydrogens (tertiary/aromatic N) is 3. The van der Waals surface area contributed by atoms with Crippen LogP contribution in [-0.2, 0) is 21.0 Å². The van der Waals surface area contributed by atoms with E-state index in [1.165, 1.54) is 10.4 Å². The van der Waals surface area contributed by atoms with Crippen LogP contribution in [0.2, 0.25) is 0 Å². The Morgan fingerprint density at radius 1 is 1.23 bits per heavy atom. The largest absolute Gasteiger partial charge is 0.417 e. The Kier molecular flexibility index (Phi) is 5.20. The third-order valence-electron chi connectivity index (χ3n) is 7.92. The molecule has 10 heteroatoms. The first-order valence-electron chi connectivity index (χ1n) is 10.6. The fraction of sp³-hybridized carbons (Fsp3) is 0.714. The van der Waals surface area contributed by atoms with Crippen molar-refractivity contribution in [1.29, 1.82) is 0 Å². The van der Waals surface area contributed by atoms with Crippen LogP contribution in [0, 0.1) is 16.7 Å². The zero-order valence-electron chi connectivity index (χ0n) is 17.9. The Morgan fingerprint density at radius 3 is 2.42 bits per heavy atom. The average Bonchev–Trinajstić information content (AvgIpc) is 3.01. The standard InChI is InChI=1S/C21H28F3N3O3S/c1-14-12-26(8-9-27(14)18-5-4-16(11-25-18)21(22,23)24)31(29,30)13-20-7-6-15(10-17(20)28)19(20,2)3/h4-5,11,14-15H,6-10,12-13H2,1-3H3/t14-,15-,20+/m0/s1. The van der Waals surface area contributed by atoms with E-state index >= 15 is 0 Å². The summed E-state index contributed by atoms with van der Waals surface area (Å²) < 4.78 is 66.4. The van der Waals surface area contributed by atoms with Crippen molar-refractivity contribution >= 4 is 21.6 Å².